The van der Waals surface area contributed by atoms with Crippen LogP contribution in [0.25, 0.3) is 0 Å². The van der Waals surface area contributed by atoms with Gasteiger partial charge in [0.25, 0.3) is 0 Å². The zero-order valence-corrected chi connectivity index (χ0v) is 12.7. The van der Waals surface area contributed by atoms with E-state index in [1.807, 2.05) is 36.9 Å². The lowest BCUT2D eigenvalue weighted by atomic mass is 10.0. The molecule has 0 radical (unpaired) electrons. The van der Waals surface area contributed by atoms with Crippen molar-refractivity contribution in [2.45, 2.75) is 25.7 Å². The number of benzene rings is 1. The van der Waals surface area contributed by atoms with E-state index in [0.29, 0.717) is 0 Å². The first-order chi connectivity index (χ1) is 10.9. The minimum atomic E-state index is 1.04. The normalized spacial score (nSPS) is 10.5. The van der Waals surface area contributed by atoms with Crippen molar-refractivity contribution in [2.24, 2.45) is 0 Å². The topological polar surface area (TPSA) is 25.8 Å². The molecule has 0 unspecified atom stereocenters. The third kappa shape index (κ3) is 4.26. The lowest BCUT2D eigenvalue weighted by Gasteiger charge is -2.05. The largest absolute Gasteiger partial charge is 0.264 e. The molecule has 0 atom stereocenters. The van der Waals surface area contributed by atoms with Gasteiger partial charge in [-0.25, -0.2) is 0 Å². The summed E-state index contributed by atoms with van der Waals surface area (Å²) >= 11 is 0. The summed E-state index contributed by atoms with van der Waals surface area (Å²) < 4.78 is 0. The standard InChI is InChI=1S/C20H20N2/c1-3-19(15-21-13-1)11-9-17-5-7-18(8-6-17)10-12-20-4-2-14-22-16-20/h1-8,13-16H,9-12H2. The summed E-state index contributed by atoms with van der Waals surface area (Å²) in [6, 6.07) is 17.2. The molecule has 0 fully saturated rings. The highest BCUT2D eigenvalue weighted by molar-refractivity contribution is 5.25. The molecule has 3 rings (SSSR count). The molecular weight excluding hydrogens is 268 g/mol. The Kier molecular flexibility index (Phi) is 4.93. The molecule has 110 valence electrons. The van der Waals surface area contributed by atoms with Crippen LogP contribution in [0, 0.1) is 0 Å². The first-order valence-corrected chi connectivity index (χ1v) is 7.76. The summed E-state index contributed by atoms with van der Waals surface area (Å²) in [4.78, 5) is 8.32. The Labute approximate surface area is 131 Å². The fourth-order valence-electron chi connectivity index (χ4n) is 2.54. The molecule has 0 aliphatic heterocycles. The number of hydrogen-bond acceptors (Lipinski definition) is 2. The quantitative estimate of drug-likeness (QED) is 0.684. The minimum Gasteiger partial charge on any atom is -0.264 e. The average Bonchev–Trinajstić information content (AvgIpc) is 2.61. The Balaban J connectivity index is 1.52. The first kappa shape index (κ1) is 14.5. The van der Waals surface area contributed by atoms with Crippen molar-refractivity contribution < 1.29 is 0 Å². The van der Waals surface area contributed by atoms with E-state index in [2.05, 4.69) is 46.4 Å². The Morgan fingerprint density at radius 2 is 0.909 bits per heavy atom. The molecular formula is C20H20N2. The lowest BCUT2D eigenvalue weighted by molar-refractivity contribution is 0.931. The number of hydrogen-bond donors (Lipinski definition) is 0. The number of aryl methyl sites for hydroxylation is 4. The van der Waals surface area contributed by atoms with E-state index >= 15 is 0 Å². The zero-order chi connectivity index (χ0) is 15.0. The van der Waals surface area contributed by atoms with Crippen LogP contribution in [-0.2, 0) is 25.7 Å². The third-order valence-corrected chi connectivity index (χ3v) is 3.87. The lowest BCUT2D eigenvalue weighted by Crippen LogP contribution is -1.94. The highest BCUT2D eigenvalue weighted by Crippen LogP contribution is 2.11. The van der Waals surface area contributed by atoms with Gasteiger partial charge >= 0.3 is 0 Å². The maximum Gasteiger partial charge on any atom is 0.0299 e. The van der Waals surface area contributed by atoms with Crippen LogP contribution in [-0.4, -0.2) is 9.97 Å². The van der Waals surface area contributed by atoms with Gasteiger partial charge in [-0.2, -0.15) is 0 Å². The highest BCUT2D eigenvalue weighted by Gasteiger charge is 1.99. The molecule has 2 heteroatoms. The second kappa shape index (κ2) is 7.51. The van der Waals surface area contributed by atoms with E-state index in [-0.39, 0.29) is 0 Å². The smallest absolute Gasteiger partial charge is 0.0299 e. The molecule has 2 heterocycles. The van der Waals surface area contributed by atoms with Crippen LogP contribution in [0.1, 0.15) is 22.3 Å². The molecule has 0 aliphatic rings. The monoisotopic (exact) mass is 288 g/mol. The Bertz CT molecular complexity index is 613. The van der Waals surface area contributed by atoms with Gasteiger partial charge in [-0.1, -0.05) is 36.4 Å². The van der Waals surface area contributed by atoms with Gasteiger partial charge in [0.2, 0.25) is 0 Å². The van der Waals surface area contributed by atoms with Crippen molar-refractivity contribution in [2.75, 3.05) is 0 Å². The molecule has 0 amide bonds. The van der Waals surface area contributed by atoms with Crippen molar-refractivity contribution in [1.29, 1.82) is 0 Å². The average molecular weight is 288 g/mol. The predicted octanol–water partition coefficient (Wildman–Crippen LogP) is 4.05. The van der Waals surface area contributed by atoms with Crippen LogP contribution in [0.5, 0.6) is 0 Å². The van der Waals surface area contributed by atoms with Gasteiger partial charge in [0.1, 0.15) is 0 Å². The van der Waals surface area contributed by atoms with Gasteiger partial charge in [-0.05, 0) is 60.1 Å². The summed E-state index contributed by atoms with van der Waals surface area (Å²) in [7, 11) is 0. The van der Waals surface area contributed by atoms with Gasteiger partial charge in [0, 0.05) is 24.8 Å². The SMILES string of the molecule is c1cncc(CCc2ccc(CCc3cccnc3)cc2)c1. The summed E-state index contributed by atoms with van der Waals surface area (Å²) in [6.45, 7) is 0. The van der Waals surface area contributed by atoms with Crippen LogP contribution in [0.3, 0.4) is 0 Å². The van der Waals surface area contributed by atoms with Crippen LogP contribution in [0.2, 0.25) is 0 Å². The summed E-state index contributed by atoms with van der Waals surface area (Å²) in [6.07, 6.45) is 11.8. The molecule has 0 saturated heterocycles. The van der Waals surface area contributed by atoms with Gasteiger partial charge in [0.05, 0.1) is 0 Å². The van der Waals surface area contributed by atoms with Crippen LogP contribution in [0.4, 0.5) is 0 Å². The fraction of sp³-hybridized carbons (Fsp3) is 0.200. The molecule has 22 heavy (non-hydrogen) atoms. The molecule has 1 aromatic carbocycles. The van der Waals surface area contributed by atoms with Crippen molar-refractivity contribution in [3.05, 3.63) is 95.6 Å². The van der Waals surface area contributed by atoms with Crippen LogP contribution in [0.15, 0.2) is 73.3 Å². The molecule has 0 aliphatic carbocycles. The minimum absolute atomic E-state index is 1.04. The number of rotatable bonds is 6. The van der Waals surface area contributed by atoms with Crippen LogP contribution >= 0.6 is 0 Å². The molecule has 0 saturated carbocycles. The summed E-state index contributed by atoms with van der Waals surface area (Å²) in [5, 5.41) is 0. The number of pyridine rings is 2. The Hall–Kier alpha value is -2.48. The van der Waals surface area contributed by atoms with E-state index in [1.165, 1.54) is 22.3 Å². The maximum atomic E-state index is 4.16. The van der Waals surface area contributed by atoms with Crippen molar-refractivity contribution in [1.82, 2.24) is 9.97 Å². The fourth-order valence-corrected chi connectivity index (χ4v) is 2.54. The Morgan fingerprint density at radius 3 is 1.27 bits per heavy atom. The van der Waals surface area contributed by atoms with E-state index < -0.39 is 0 Å². The molecule has 0 spiro atoms. The van der Waals surface area contributed by atoms with Crippen LogP contribution < -0.4 is 0 Å². The highest BCUT2D eigenvalue weighted by atomic mass is 14.6. The Morgan fingerprint density at radius 1 is 0.500 bits per heavy atom. The molecule has 2 aromatic heterocycles. The molecule has 0 N–H and O–H groups in total. The second-order valence-electron chi connectivity index (χ2n) is 5.54. The van der Waals surface area contributed by atoms with Crippen molar-refractivity contribution in [3.63, 3.8) is 0 Å². The van der Waals surface area contributed by atoms with Gasteiger partial charge in [-0.3, -0.25) is 9.97 Å². The number of nitrogens with zero attached hydrogens (tertiary/aromatic N) is 2. The van der Waals surface area contributed by atoms with Gasteiger partial charge in [0.15, 0.2) is 0 Å². The molecule has 0 bridgehead atoms. The van der Waals surface area contributed by atoms with E-state index in [4.69, 9.17) is 0 Å². The second-order valence-corrected chi connectivity index (χ2v) is 5.54. The van der Waals surface area contributed by atoms with Crippen molar-refractivity contribution >= 4 is 0 Å². The van der Waals surface area contributed by atoms with E-state index in [9.17, 15) is 0 Å². The van der Waals surface area contributed by atoms with E-state index in [1.54, 1.807) is 0 Å². The molecule has 3 aromatic rings. The first-order valence-electron chi connectivity index (χ1n) is 7.76. The predicted molar refractivity (Wildman–Crippen MR) is 89.7 cm³/mol. The summed E-state index contributed by atoms with van der Waals surface area (Å²) in [5.74, 6) is 0. The van der Waals surface area contributed by atoms with E-state index in [0.717, 1.165) is 25.7 Å². The third-order valence-electron chi connectivity index (χ3n) is 3.87. The van der Waals surface area contributed by atoms with Gasteiger partial charge in [-0.15, -0.1) is 0 Å². The van der Waals surface area contributed by atoms with Gasteiger partial charge < -0.3 is 0 Å². The maximum absolute atomic E-state index is 4.16. The zero-order valence-electron chi connectivity index (χ0n) is 12.7. The molecule has 2 nitrogen and oxygen atoms in total. The summed E-state index contributed by atoms with van der Waals surface area (Å²) in [5.41, 5.74) is 5.36. The van der Waals surface area contributed by atoms with Crippen molar-refractivity contribution in [3.8, 4) is 0 Å². The number of aromatic nitrogens is 2.